The van der Waals surface area contributed by atoms with Crippen LogP contribution >= 0.6 is 0 Å². The molecule has 0 radical (unpaired) electrons. The SMILES string of the molecule is CC(C)COc1cccc(C(=O)N(C)C2CCCCCC2)c1. The van der Waals surface area contributed by atoms with Gasteiger partial charge in [0, 0.05) is 18.7 Å². The Morgan fingerprint density at radius 1 is 1.23 bits per heavy atom. The Balaban J connectivity index is 2.02. The molecular formula is C19H29NO2. The number of hydrogen-bond acceptors (Lipinski definition) is 2. The zero-order valence-corrected chi connectivity index (χ0v) is 14.2. The van der Waals surface area contributed by atoms with Gasteiger partial charge in [-0.3, -0.25) is 4.79 Å². The lowest BCUT2D eigenvalue weighted by molar-refractivity contribution is 0.0717. The second-order valence-corrected chi connectivity index (χ2v) is 6.79. The van der Waals surface area contributed by atoms with E-state index in [1.54, 1.807) is 0 Å². The summed E-state index contributed by atoms with van der Waals surface area (Å²) in [5, 5.41) is 0. The number of carbonyl (C=O) groups excluding carboxylic acids is 1. The fraction of sp³-hybridized carbons (Fsp3) is 0.632. The van der Waals surface area contributed by atoms with Crippen LogP contribution in [0.5, 0.6) is 5.75 Å². The molecule has 3 heteroatoms. The first-order chi connectivity index (χ1) is 10.6. The van der Waals surface area contributed by atoms with E-state index < -0.39 is 0 Å². The lowest BCUT2D eigenvalue weighted by Gasteiger charge is -2.27. The first-order valence-corrected chi connectivity index (χ1v) is 8.58. The Morgan fingerprint density at radius 2 is 1.91 bits per heavy atom. The van der Waals surface area contributed by atoms with Crippen molar-refractivity contribution in [3.05, 3.63) is 29.8 Å². The van der Waals surface area contributed by atoms with E-state index >= 15 is 0 Å². The van der Waals surface area contributed by atoms with Crippen molar-refractivity contribution in [3.8, 4) is 5.75 Å². The van der Waals surface area contributed by atoms with Gasteiger partial charge in [-0.25, -0.2) is 0 Å². The topological polar surface area (TPSA) is 29.5 Å². The molecule has 1 aliphatic rings. The fourth-order valence-electron chi connectivity index (χ4n) is 3.00. The first kappa shape index (κ1) is 16.9. The van der Waals surface area contributed by atoms with Crippen LogP contribution in [0.2, 0.25) is 0 Å². The zero-order chi connectivity index (χ0) is 15.9. The van der Waals surface area contributed by atoms with Crippen molar-refractivity contribution < 1.29 is 9.53 Å². The van der Waals surface area contributed by atoms with E-state index in [2.05, 4.69) is 13.8 Å². The van der Waals surface area contributed by atoms with E-state index in [1.807, 2.05) is 36.2 Å². The first-order valence-electron chi connectivity index (χ1n) is 8.58. The minimum absolute atomic E-state index is 0.113. The minimum atomic E-state index is 0.113. The highest BCUT2D eigenvalue weighted by Gasteiger charge is 2.22. The van der Waals surface area contributed by atoms with Crippen molar-refractivity contribution in [2.75, 3.05) is 13.7 Å². The van der Waals surface area contributed by atoms with E-state index in [9.17, 15) is 4.79 Å². The Bertz CT molecular complexity index is 476. The number of ether oxygens (including phenoxy) is 1. The lowest BCUT2D eigenvalue weighted by atomic mass is 10.1. The molecule has 1 aromatic carbocycles. The third kappa shape index (κ3) is 4.75. The van der Waals surface area contributed by atoms with Gasteiger partial charge in [-0.2, -0.15) is 0 Å². The van der Waals surface area contributed by atoms with Crippen molar-refractivity contribution in [2.24, 2.45) is 5.92 Å². The summed E-state index contributed by atoms with van der Waals surface area (Å²) >= 11 is 0. The molecule has 2 rings (SSSR count). The number of nitrogens with zero attached hydrogens (tertiary/aromatic N) is 1. The molecule has 1 amide bonds. The molecule has 0 N–H and O–H groups in total. The highest BCUT2D eigenvalue weighted by Crippen LogP contribution is 2.23. The third-order valence-electron chi connectivity index (χ3n) is 4.36. The second-order valence-electron chi connectivity index (χ2n) is 6.79. The third-order valence-corrected chi connectivity index (χ3v) is 4.36. The number of amides is 1. The molecule has 1 fully saturated rings. The Kier molecular flexibility index (Phi) is 6.29. The molecular weight excluding hydrogens is 274 g/mol. The zero-order valence-electron chi connectivity index (χ0n) is 14.2. The van der Waals surface area contributed by atoms with Gasteiger partial charge in [-0.05, 0) is 37.0 Å². The molecule has 0 spiro atoms. The Hall–Kier alpha value is -1.51. The van der Waals surface area contributed by atoms with Crippen LogP contribution in [0.25, 0.3) is 0 Å². The van der Waals surface area contributed by atoms with E-state index in [0.29, 0.717) is 18.6 Å². The summed E-state index contributed by atoms with van der Waals surface area (Å²) in [6.45, 7) is 4.92. The summed E-state index contributed by atoms with van der Waals surface area (Å²) in [4.78, 5) is 14.7. The number of carbonyl (C=O) groups is 1. The second kappa shape index (κ2) is 8.21. The van der Waals surface area contributed by atoms with Gasteiger partial charge in [0.15, 0.2) is 0 Å². The lowest BCUT2D eigenvalue weighted by Crippen LogP contribution is -2.36. The average Bonchev–Trinajstić information content (AvgIpc) is 2.81. The molecule has 0 heterocycles. The van der Waals surface area contributed by atoms with E-state index in [0.717, 1.165) is 24.2 Å². The van der Waals surface area contributed by atoms with Crippen LogP contribution in [0.3, 0.4) is 0 Å². The normalized spacial score (nSPS) is 16.4. The molecule has 0 unspecified atom stereocenters. The van der Waals surface area contributed by atoms with E-state index in [4.69, 9.17) is 4.74 Å². The van der Waals surface area contributed by atoms with Crippen LogP contribution < -0.4 is 4.74 Å². The maximum absolute atomic E-state index is 12.7. The molecule has 0 aliphatic heterocycles. The Morgan fingerprint density at radius 3 is 2.55 bits per heavy atom. The minimum Gasteiger partial charge on any atom is -0.493 e. The molecule has 0 atom stereocenters. The molecule has 3 nitrogen and oxygen atoms in total. The fourth-order valence-corrected chi connectivity index (χ4v) is 3.00. The van der Waals surface area contributed by atoms with Crippen LogP contribution in [0.15, 0.2) is 24.3 Å². The maximum Gasteiger partial charge on any atom is 0.253 e. The van der Waals surface area contributed by atoms with Gasteiger partial charge in [0.25, 0.3) is 5.91 Å². The van der Waals surface area contributed by atoms with Crippen LogP contribution in [-0.2, 0) is 0 Å². The van der Waals surface area contributed by atoms with Gasteiger partial charge in [0.05, 0.1) is 6.61 Å². The molecule has 0 aromatic heterocycles. The van der Waals surface area contributed by atoms with Crippen molar-refractivity contribution in [1.82, 2.24) is 4.90 Å². The highest BCUT2D eigenvalue weighted by molar-refractivity contribution is 5.94. The van der Waals surface area contributed by atoms with Crippen LogP contribution in [-0.4, -0.2) is 30.5 Å². The molecule has 0 saturated heterocycles. The van der Waals surface area contributed by atoms with Gasteiger partial charge in [-0.1, -0.05) is 45.6 Å². The maximum atomic E-state index is 12.7. The van der Waals surface area contributed by atoms with Gasteiger partial charge in [0.2, 0.25) is 0 Å². The largest absolute Gasteiger partial charge is 0.493 e. The number of rotatable bonds is 5. The van der Waals surface area contributed by atoms with E-state index in [1.165, 1.54) is 25.7 Å². The predicted octanol–water partition coefficient (Wildman–Crippen LogP) is 4.52. The molecule has 0 bridgehead atoms. The number of hydrogen-bond donors (Lipinski definition) is 0. The van der Waals surface area contributed by atoms with Gasteiger partial charge in [-0.15, -0.1) is 0 Å². The van der Waals surface area contributed by atoms with Crippen LogP contribution in [0.1, 0.15) is 62.7 Å². The van der Waals surface area contributed by atoms with Gasteiger partial charge < -0.3 is 9.64 Å². The summed E-state index contributed by atoms with van der Waals surface area (Å²) < 4.78 is 5.73. The molecule has 1 aromatic rings. The van der Waals surface area contributed by atoms with Crippen molar-refractivity contribution in [3.63, 3.8) is 0 Å². The van der Waals surface area contributed by atoms with Crippen molar-refractivity contribution in [1.29, 1.82) is 0 Å². The average molecular weight is 303 g/mol. The van der Waals surface area contributed by atoms with Crippen LogP contribution in [0.4, 0.5) is 0 Å². The molecule has 1 saturated carbocycles. The summed E-state index contributed by atoms with van der Waals surface area (Å²) in [5.41, 5.74) is 0.730. The van der Waals surface area contributed by atoms with Gasteiger partial charge >= 0.3 is 0 Å². The molecule has 22 heavy (non-hydrogen) atoms. The summed E-state index contributed by atoms with van der Waals surface area (Å²) in [7, 11) is 1.94. The molecule has 122 valence electrons. The van der Waals surface area contributed by atoms with E-state index in [-0.39, 0.29) is 5.91 Å². The monoisotopic (exact) mass is 303 g/mol. The van der Waals surface area contributed by atoms with Gasteiger partial charge in [0.1, 0.15) is 5.75 Å². The van der Waals surface area contributed by atoms with Crippen molar-refractivity contribution in [2.45, 2.75) is 58.4 Å². The Labute approximate surface area is 134 Å². The summed E-state index contributed by atoms with van der Waals surface area (Å²) in [5.74, 6) is 1.38. The predicted molar refractivity (Wildman–Crippen MR) is 90.4 cm³/mol. The molecule has 1 aliphatic carbocycles. The smallest absolute Gasteiger partial charge is 0.253 e. The standard InChI is InChI=1S/C19H29NO2/c1-15(2)14-22-18-12-8-9-16(13-18)19(21)20(3)17-10-6-4-5-7-11-17/h8-9,12-13,15,17H,4-7,10-11,14H2,1-3H3. The summed E-state index contributed by atoms with van der Waals surface area (Å²) in [6, 6.07) is 7.97. The summed E-state index contributed by atoms with van der Waals surface area (Å²) in [6.07, 6.45) is 7.34. The number of benzene rings is 1. The highest BCUT2D eigenvalue weighted by atomic mass is 16.5. The quantitative estimate of drug-likeness (QED) is 0.749. The van der Waals surface area contributed by atoms with Crippen molar-refractivity contribution >= 4 is 5.91 Å². The van der Waals surface area contributed by atoms with Crippen LogP contribution in [0, 0.1) is 5.92 Å².